The van der Waals surface area contributed by atoms with Gasteiger partial charge in [0.05, 0.1) is 0 Å². The van der Waals surface area contributed by atoms with Crippen molar-refractivity contribution in [2.45, 2.75) is 16.3 Å². The number of nitrogens with one attached hydrogen (secondary N) is 1. The second-order valence-electron chi connectivity index (χ2n) is 3.64. The molecular weight excluding hydrogens is 270 g/mol. The zero-order valence-corrected chi connectivity index (χ0v) is 11.8. The summed E-state index contributed by atoms with van der Waals surface area (Å²) in [5.74, 6) is 5.99. The molecule has 18 heavy (non-hydrogen) atoms. The summed E-state index contributed by atoms with van der Waals surface area (Å²) in [6.45, 7) is 1.91. The molecule has 96 valence electrons. The van der Waals surface area contributed by atoms with Crippen molar-refractivity contribution in [3.8, 4) is 0 Å². The lowest BCUT2D eigenvalue weighted by atomic mass is 10.3. The van der Waals surface area contributed by atoms with E-state index in [-0.39, 0.29) is 0 Å². The number of nitrogens with two attached hydrogens (primary N) is 1. The summed E-state index contributed by atoms with van der Waals surface area (Å²) in [6, 6.07) is 0. The Balaban J connectivity index is 2.23. The van der Waals surface area contributed by atoms with Crippen molar-refractivity contribution in [3.63, 3.8) is 0 Å². The molecule has 0 aliphatic heterocycles. The summed E-state index contributed by atoms with van der Waals surface area (Å²) < 4.78 is 0.837. The summed E-state index contributed by atoms with van der Waals surface area (Å²) >= 11 is 2.97. The first-order valence-corrected chi connectivity index (χ1v) is 6.72. The maximum Gasteiger partial charge on any atom is 0.208 e. The number of hydrogen-bond donors (Lipinski definition) is 2. The van der Waals surface area contributed by atoms with E-state index in [4.69, 9.17) is 5.84 Å². The van der Waals surface area contributed by atoms with E-state index in [2.05, 4.69) is 25.6 Å². The van der Waals surface area contributed by atoms with Crippen LogP contribution in [0.2, 0.25) is 0 Å². The van der Waals surface area contributed by atoms with Gasteiger partial charge in [-0.3, -0.25) is 0 Å². The SMILES string of the molecule is Cc1c(NN)ncnc1Sc1nnc(N(C)C)s1. The van der Waals surface area contributed by atoms with Crippen LogP contribution in [0.5, 0.6) is 0 Å². The Bertz CT molecular complexity index is 539. The van der Waals surface area contributed by atoms with Gasteiger partial charge >= 0.3 is 0 Å². The lowest BCUT2D eigenvalue weighted by Crippen LogP contribution is -2.10. The third kappa shape index (κ3) is 2.68. The van der Waals surface area contributed by atoms with Crippen LogP contribution in [0, 0.1) is 6.92 Å². The van der Waals surface area contributed by atoms with Crippen molar-refractivity contribution in [3.05, 3.63) is 11.9 Å². The maximum absolute atomic E-state index is 5.38. The minimum absolute atomic E-state index is 0.616. The van der Waals surface area contributed by atoms with Crippen molar-refractivity contribution < 1.29 is 0 Å². The molecule has 0 radical (unpaired) electrons. The van der Waals surface area contributed by atoms with Gasteiger partial charge in [-0.05, 0) is 18.7 Å². The highest BCUT2D eigenvalue weighted by atomic mass is 32.2. The minimum Gasteiger partial charge on any atom is -0.353 e. The predicted molar refractivity (Wildman–Crippen MR) is 72.9 cm³/mol. The van der Waals surface area contributed by atoms with E-state index < -0.39 is 0 Å². The molecule has 0 bridgehead atoms. The lowest BCUT2D eigenvalue weighted by molar-refractivity contribution is 0.962. The first kappa shape index (κ1) is 13.0. The molecule has 3 N–H and O–H groups in total. The summed E-state index contributed by atoms with van der Waals surface area (Å²) in [5.41, 5.74) is 3.43. The lowest BCUT2D eigenvalue weighted by Gasteiger charge is -2.06. The van der Waals surface area contributed by atoms with Gasteiger partial charge in [0.1, 0.15) is 17.2 Å². The molecule has 0 unspecified atom stereocenters. The van der Waals surface area contributed by atoms with Crippen molar-refractivity contribution in [1.29, 1.82) is 0 Å². The molecule has 0 spiro atoms. The van der Waals surface area contributed by atoms with Crippen LogP contribution in [-0.2, 0) is 0 Å². The van der Waals surface area contributed by atoms with Gasteiger partial charge in [-0.2, -0.15) is 0 Å². The molecule has 0 saturated carbocycles. The van der Waals surface area contributed by atoms with Crippen molar-refractivity contribution in [1.82, 2.24) is 20.2 Å². The van der Waals surface area contributed by atoms with Crippen molar-refractivity contribution in [2.75, 3.05) is 24.4 Å². The molecule has 2 heterocycles. The van der Waals surface area contributed by atoms with E-state index in [1.807, 2.05) is 25.9 Å². The van der Waals surface area contributed by atoms with Crippen LogP contribution < -0.4 is 16.2 Å². The predicted octanol–water partition coefficient (Wildman–Crippen LogP) is 1.14. The molecule has 0 aromatic carbocycles. The molecule has 9 heteroatoms. The molecule has 2 rings (SSSR count). The van der Waals surface area contributed by atoms with Gasteiger partial charge in [-0.1, -0.05) is 11.3 Å². The summed E-state index contributed by atoms with van der Waals surface area (Å²) in [6.07, 6.45) is 1.47. The number of nitrogens with zero attached hydrogens (tertiary/aromatic N) is 5. The van der Waals surface area contributed by atoms with Gasteiger partial charge in [0, 0.05) is 19.7 Å². The normalized spacial score (nSPS) is 10.4. The molecule has 0 atom stereocenters. The van der Waals surface area contributed by atoms with Gasteiger partial charge in [-0.25, -0.2) is 15.8 Å². The zero-order valence-electron chi connectivity index (χ0n) is 10.2. The van der Waals surface area contributed by atoms with Gasteiger partial charge in [-0.15, -0.1) is 10.2 Å². The number of anilines is 2. The fourth-order valence-electron chi connectivity index (χ4n) is 1.19. The number of rotatable bonds is 4. The van der Waals surface area contributed by atoms with E-state index in [0.29, 0.717) is 5.82 Å². The minimum atomic E-state index is 0.616. The average molecular weight is 283 g/mol. The Morgan fingerprint density at radius 3 is 2.72 bits per heavy atom. The zero-order chi connectivity index (χ0) is 13.1. The Kier molecular flexibility index (Phi) is 3.94. The van der Waals surface area contributed by atoms with E-state index in [1.54, 1.807) is 0 Å². The summed E-state index contributed by atoms with van der Waals surface area (Å²) in [7, 11) is 3.86. The van der Waals surface area contributed by atoms with Crippen molar-refractivity contribution in [2.24, 2.45) is 5.84 Å². The van der Waals surface area contributed by atoms with Crippen LogP contribution in [-0.4, -0.2) is 34.3 Å². The van der Waals surface area contributed by atoms with Crippen LogP contribution in [0.3, 0.4) is 0 Å². The Morgan fingerprint density at radius 1 is 1.33 bits per heavy atom. The third-order valence-electron chi connectivity index (χ3n) is 2.14. The van der Waals surface area contributed by atoms with Crippen LogP contribution in [0.25, 0.3) is 0 Å². The second kappa shape index (κ2) is 5.46. The molecule has 0 saturated heterocycles. The summed E-state index contributed by atoms with van der Waals surface area (Å²) in [4.78, 5) is 10.2. The highest BCUT2D eigenvalue weighted by Crippen LogP contribution is 2.34. The molecular formula is C9H13N7S2. The van der Waals surface area contributed by atoms with Gasteiger partial charge in [0.15, 0.2) is 4.34 Å². The van der Waals surface area contributed by atoms with Crippen LogP contribution in [0.4, 0.5) is 10.9 Å². The van der Waals surface area contributed by atoms with Gasteiger partial charge in [0.2, 0.25) is 5.13 Å². The van der Waals surface area contributed by atoms with E-state index >= 15 is 0 Å². The van der Waals surface area contributed by atoms with Crippen LogP contribution in [0.1, 0.15) is 5.56 Å². The first-order valence-electron chi connectivity index (χ1n) is 5.08. The van der Waals surface area contributed by atoms with E-state index in [9.17, 15) is 0 Å². The topological polar surface area (TPSA) is 92.8 Å². The number of nitrogen functional groups attached to an aromatic ring is 1. The molecule has 2 aromatic rings. The van der Waals surface area contributed by atoms with Crippen LogP contribution in [0.15, 0.2) is 15.7 Å². The Morgan fingerprint density at radius 2 is 2.11 bits per heavy atom. The third-order valence-corrected chi connectivity index (χ3v) is 4.38. The van der Waals surface area contributed by atoms with Crippen molar-refractivity contribution >= 4 is 34.0 Å². The Hall–Kier alpha value is -1.45. The quantitative estimate of drug-likeness (QED) is 0.490. The molecule has 0 fully saturated rings. The first-order chi connectivity index (χ1) is 8.61. The largest absolute Gasteiger partial charge is 0.353 e. The highest BCUT2D eigenvalue weighted by Gasteiger charge is 2.12. The molecule has 2 aromatic heterocycles. The van der Waals surface area contributed by atoms with Gasteiger partial charge in [0.25, 0.3) is 0 Å². The van der Waals surface area contributed by atoms with Gasteiger partial charge < -0.3 is 10.3 Å². The van der Waals surface area contributed by atoms with E-state index in [0.717, 1.165) is 20.1 Å². The van der Waals surface area contributed by atoms with E-state index in [1.165, 1.54) is 29.4 Å². The Labute approximate surface area is 113 Å². The summed E-state index contributed by atoms with van der Waals surface area (Å²) in [5, 5.41) is 9.86. The fraction of sp³-hybridized carbons (Fsp3) is 0.333. The molecule has 7 nitrogen and oxygen atoms in total. The fourth-order valence-corrected chi connectivity index (χ4v) is 2.92. The number of hydrazine groups is 1. The average Bonchev–Trinajstić information content (AvgIpc) is 2.80. The molecule has 0 aliphatic carbocycles. The number of hydrogen-bond acceptors (Lipinski definition) is 9. The van der Waals surface area contributed by atoms with Crippen LogP contribution >= 0.6 is 23.1 Å². The highest BCUT2D eigenvalue weighted by molar-refractivity contribution is 8.01. The monoisotopic (exact) mass is 283 g/mol. The molecule has 0 amide bonds. The maximum atomic E-state index is 5.38. The number of aromatic nitrogens is 4. The standard InChI is InChI=1S/C9H13N7S2/c1-5-6(13-10)11-4-12-7(5)17-9-15-14-8(18-9)16(2)3/h4H,10H2,1-3H3,(H,11,12,13). The molecule has 0 aliphatic rings. The smallest absolute Gasteiger partial charge is 0.208 e. The second-order valence-corrected chi connectivity index (χ2v) is 5.84.